The van der Waals surface area contributed by atoms with Crippen LogP contribution in [0.2, 0.25) is 0 Å². The molecule has 3 heteroatoms. The predicted molar refractivity (Wildman–Crippen MR) is 56.9 cm³/mol. The summed E-state index contributed by atoms with van der Waals surface area (Å²) in [4.78, 5) is 0. The highest BCUT2D eigenvalue weighted by molar-refractivity contribution is 5.37. The second-order valence-electron chi connectivity index (χ2n) is 4.66. The number of benzene rings is 1. The van der Waals surface area contributed by atoms with Gasteiger partial charge in [-0.2, -0.15) is 0 Å². The molecule has 1 fully saturated rings. The molecule has 2 rings (SSSR count). The zero-order chi connectivity index (χ0) is 11.1. The van der Waals surface area contributed by atoms with E-state index in [2.05, 4.69) is 6.92 Å². The van der Waals surface area contributed by atoms with Gasteiger partial charge in [-0.3, -0.25) is 0 Å². The van der Waals surface area contributed by atoms with Crippen molar-refractivity contribution >= 4 is 0 Å². The van der Waals surface area contributed by atoms with Gasteiger partial charge in [-0.15, -0.1) is 0 Å². The largest absolute Gasteiger partial charge is 0.396 e. The third kappa shape index (κ3) is 1.38. The van der Waals surface area contributed by atoms with E-state index in [0.717, 1.165) is 12.0 Å². The minimum atomic E-state index is -0.231. The zero-order valence-corrected chi connectivity index (χ0v) is 8.83. The van der Waals surface area contributed by atoms with Crippen molar-refractivity contribution in [1.29, 1.82) is 0 Å². The number of aliphatic hydroxyl groups is 1. The Morgan fingerprint density at radius 3 is 2.40 bits per heavy atom. The molecule has 2 atom stereocenters. The number of rotatable bonds is 3. The fourth-order valence-electron chi connectivity index (χ4n) is 2.45. The minimum absolute atomic E-state index is 0.0931. The van der Waals surface area contributed by atoms with Crippen molar-refractivity contribution in [3.63, 3.8) is 0 Å². The van der Waals surface area contributed by atoms with Crippen molar-refractivity contribution in [1.82, 2.24) is 0 Å². The molecule has 1 aromatic rings. The summed E-state index contributed by atoms with van der Waals surface area (Å²) in [6.07, 6.45) is 0.874. The summed E-state index contributed by atoms with van der Waals surface area (Å²) >= 11 is 0. The maximum atomic E-state index is 12.8. The van der Waals surface area contributed by atoms with E-state index < -0.39 is 0 Å². The summed E-state index contributed by atoms with van der Waals surface area (Å²) in [5.74, 6) is -0.231. The Bertz CT molecular complexity index is 358. The SMILES string of the molecule is CC1(c2ccc(F)cc2)CC1(CN)CO. The Kier molecular flexibility index (Phi) is 2.32. The second-order valence-corrected chi connectivity index (χ2v) is 4.66. The lowest BCUT2D eigenvalue weighted by Gasteiger charge is -2.19. The first-order valence-electron chi connectivity index (χ1n) is 5.15. The normalized spacial score (nSPS) is 34.1. The maximum Gasteiger partial charge on any atom is 0.123 e. The van der Waals surface area contributed by atoms with Gasteiger partial charge in [0.15, 0.2) is 0 Å². The van der Waals surface area contributed by atoms with E-state index in [-0.39, 0.29) is 23.3 Å². The molecule has 0 saturated heterocycles. The first kappa shape index (κ1) is 10.6. The first-order chi connectivity index (χ1) is 7.08. The molecule has 15 heavy (non-hydrogen) atoms. The highest BCUT2D eigenvalue weighted by Crippen LogP contribution is 2.63. The van der Waals surface area contributed by atoms with Crippen molar-refractivity contribution in [2.45, 2.75) is 18.8 Å². The first-order valence-corrected chi connectivity index (χ1v) is 5.15. The van der Waals surface area contributed by atoms with Gasteiger partial charge in [-0.1, -0.05) is 19.1 Å². The summed E-state index contributed by atoms with van der Waals surface area (Å²) in [6.45, 7) is 2.64. The van der Waals surface area contributed by atoms with Gasteiger partial charge >= 0.3 is 0 Å². The summed E-state index contributed by atoms with van der Waals surface area (Å²) in [5, 5.41) is 9.35. The number of hydrogen-bond donors (Lipinski definition) is 2. The number of hydrogen-bond acceptors (Lipinski definition) is 2. The molecule has 0 spiro atoms. The van der Waals surface area contributed by atoms with Crippen molar-refractivity contribution < 1.29 is 9.50 Å². The molecule has 0 amide bonds. The topological polar surface area (TPSA) is 46.2 Å². The molecule has 1 aliphatic rings. The number of aliphatic hydroxyl groups excluding tert-OH is 1. The number of nitrogens with two attached hydrogens (primary N) is 1. The molecule has 2 nitrogen and oxygen atoms in total. The third-order valence-corrected chi connectivity index (χ3v) is 3.91. The van der Waals surface area contributed by atoms with Crippen molar-refractivity contribution in [3.05, 3.63) is 35.6 Å². The summed E-state index contributed by atoms with van der Waals surface area (Å²) in [7, 11) is 0. The quantitative estimate of drug-likeness (QED) is 0.791. The van der Waals surface area contributed by atoms with Gasteiger partial charge in [0.25, 0.3) is 0 Å². The number of halogens is 1. The van der Waals surface area contributed by atoms with Gasteiger partial charge in [0.1, 0.15) is 5.82 Å². The van der Waals surface area contributed by atoms with E-state index in [0.29, 0.717) is 6.54 Å². The Labute approximate surface area is 88.9 Å². The molecule has 1 aromatic carbocycles. The van der Waals surface area contributed by atoms with Gasteiger partial charge < -0.3 is 10.8 Å². The molecule has 0 bridgehead atoms. The van der Waals surface area contributed by atoms with Crippen LogP contribution in [0.25, 0.3) is 0 Å². The summed E-state index contributed by atoms with van der Waals surface area (Å²) in [5.41, 5.74) is 6.45. The van der Waals surface area contributed by atoms with Crippen LogP contribution in [0.5, 0.6) is 0 Å². The molecule has 0 aliphatic heterocycles. The highest BCUT2D eigenvalue weighted by Gasteiger charge is 2.63. The third-order valence-electron chi connectivity index (χ3n) is 3.91. The van der Waals surface area contributed by atoms with Crippen molar-refractivity contribution in [3.8, 4) is 0 Å². The van der Waals surface area contributed by atoms with Gasteiger partial charge in [-0.05, 0) is 24.1 Å². The molecule has 1 saturated carbocycles. The van der Waals surface area contributed by atoms with Gasteiger partial charge in [0.05, 0.1) is 6.61 Å². The molecule has 3 N–H and O–H groups in total. The Hall–Kier alpha value is -0.930. The fraction of sp³-hybridized carbons (Fsp3) is 0.500. The highest BCUT2D eigenvalue weighted by atomic mass is 19.1. The molecule has 0 radical (unpaired) electrons. The summed E-state index contributed by atoms with van der Waals surface area (Å²) < 4.78 is 12.8. The lowest BCUT2D eigenvalue weighted by atomic mass is 9.88. The maximum absolute atomic E-state index is 12.8. The van der Waals surface area contributed by atoms with Gasteiger partial charge in [0.2, 0.25) is 0 Å². The van der Waals surface area contributed by atoms with E-state index in [1.54, 1.807) is 12.1 Å². The monoisotopic (exact) mass is 209 g/mol. The lowest BCUT2D eigenvalue weighted by Crippen LogP contribution is -2.27. The average Bonchev–Trinajstić information content (AvgIpc) is 2.87. The van der Waals surface area contributed by atoms with Crippen LogP contribution in [-0.4, -0.2) is 18.3 Å². The zero-order valence-electron chi connectivity index (χ0n) is 8.83. The average molecular weight is 209 g/mol. The van der Waals surface area contributed by atoms with Crippen LogP contribution < -0.4 is 5.73 Å². The Morgan fingerprint density at radius 2 is 2.00 bits per heavy atom. The van der Waals surface area contributed by atoms with Crippen molar-refractivity contribution in [2.75, 3.05) is 13.2 Å². The van der Waals surface area contributed by atoms with E-state index >= 15 is 0 Å². The lowest BCUT2D eigenvalue weighted by molar-refractivity contribution is 0.198. The molecule has 0 aromatic heterocycles. The van der Waals surface area contributed by atoms with E-state index in [4.69, 9.17) is 5.73 Å². The van der Waals surface area contributed by atoms with E-state index in [1.807, 2.05) is 0 Å². The Balaban J connectivity index is 2.30. The summed E-state index contributed by atoms with van der Waals surface area (Å²) in [6, 6.07) is 6.47. The standard InChI is InChI=1S/C12H16FNO/c1-11(6-12(11,7-14)8-15)9-2-4-10(13)5-3-9/h2-5,15H,6-8,14H2,1H3. The van der Waals surface area contributed by atoms with Crippen LogP contribution in [0, 0.1) is 11.2 Å². The van der Waals surface area contributed by atoms with Crippen LogP contribution >= 0.6 is 0 Å². The smallest absolute Gasteiger partial charge is 0.123 e. The van der Waals surface area contributed by atoms with Crippen LogP contribution in [0.3, 0.4) is 0 Å². The van der Waals surface area contributed by atoms with Crippen LogP contribution in [0.15, 0.2) is 24.3 Å². The van der Waals surface area contributed by atoms with Gasteiger partial charge in [0, 0.05) is 17.4 Å². The van der Waals surface area contributed by atoms with E-state index in [9.17, 15) is 9.50 Å². The molecular formula is C12H16FNO. The van der Waals surface area contributed by atoms with Crippen LogP contribution in [0.4, 0.5) is 4.39 Å². The molecule has 82 valence electrons. The molecule has 1 aliphatic carbocycles. The van der Waals surface area contributed by atoms with E-state index in [1.165, 1.54) is 12.1 Å². The second kappa shape index (κ2) is 3.29. The minimum Gasteiger partial charge on any atom is -0.396 e. The predicted octanol–water partition coefficient (Wildman–Crippen LogP) is 1.42. The molecule has 2 unspecified atom stereocenters. The fourth-order valence-corrected chi connectivity index (χ4v) is 2.45. The van der Waals surface area contributed by atoms with Crippen LogP contribution in [0.1, 0.15) is 18.9 Å². The van der Waals surface area contributed by atoms with Crippen LogP contribution in [-0.2, 0) is 5.41 Å². The molecular weight excluding hydrogens is 193 g/mol. The van der Waals surface area contributed by atoms with Crippen molar-refractivity contribution in [2.24, 2.45) is 11.1 Å². The van der Waals surface area contributed by atoms with Gasteiger partial charge in [-0.25, -0.2) is 4.39 Å². The molecule has 0 heterocycles. The Morgan fingerprint density at radius 1 is 1.40 bits per heavy atom.